The van der Waals surface area contributed by atoms with Crippen LogP contribution in [-0.2, 0) is 4.74 Å². The molecule has 0 amide bonds. The van der Waals surface area contributed by atoms with Crippen LogP contribution in [0.25, 0.3) is 0 Å². The summed E-state index contributed by atoms with van der Waals surface area (Å²) in [6.45, 7) is 2.90. The lowest BCUT2D eigenvalue weighted by atomic mass is 9.56. The molecule has 0 aliphatic heterocycles. The summed E-state index contributed by atoms with van der Waals surface area (Å²) < 4.78 is 5.44. The van der Waals surface area contributed by atoms with Gasteiger partial charge in [-0.05, 0) is 44.4 Å². The average Bonchev–Trinajstić information content (AvgIpc) is 2.48. The lowest BCUT2D eigenvalue weighted by molar-refractivity contribution is -0.145. The van der Waals surface area contributed by atoms with Gasteiger partial charge in [0.1, 0.15) is 0 Å². The van der Waals surface area contributed by atoms with Crippen LogP contribution in [0.2, 0.25) is 0 Å². The minimum absolute atomic E-state index is 0.0371. The molecule has 2 atom stereocenters. The second-order valence-corrected chi connectivity index (χ2v) is 6.82. The third kappa shape index (κ3) is 2.84. The molecule has 3 heteroatoms. The Kier molecular flexibility index (Phi) is 4.91. The van der Waals surface area contributed by atoms with Crippen molar-refractivity contribution in [1.29, 1.82) is 0 Å². The first kappa shape index (κ1) is 15.3. The molecule has 112 valence electrons. The van der Waals surface area contributed by atoms with Crippen molar-refractivity contribution >= 4 is 0 Å². The van der Waals surface area contributed by atoms with Gasteiger partial charge in [0.2, 0.25) is 0 Å². The van der Waals surface area contributed by atoms with Crippen LogP contribution in [0, 0.1) is 11.3 Å². The molecule has 0 aromatic rings. The van der Waals surface area contributed by atoms with Crippen LogP contribution < -0.4 is 5.73 Å². The van der Waals surface area contributed by atoms with Gasteiger partial charge in [-0.3, -0.25) is 0 Å². The molecule has 0 aromatic heterocycles. The maximum Gasteiger partial charge on any atom is 0.0717 e. The van der Waals surface area contributed by atoms with Gasteiger partial charge in [0, 0.05) is 19.1 Å². The summed E-state index contributed by atoms with van der Waals surface area (Å²) in [5, 5.41) is 11.2. The first-order valence-electron chi connectivity index (χ1n) is 8.04. The maximum absolute atomic E-state index is 11.2. The normalized spacial score (nSPS) is 44.2. The Morgan fingerprint density at radius 2 is 1.89 bits per heavy atom. The average molecular weight is 269 g/mol. The van der Waals surface area contributed by atoms with Gasteiger partial charge in [-0.1, -0.05) is 26.2 Å². The molecule has 2 aliphatic carbocycles. The SMILES string of the molecule is CCC1CCCC(CN)(C2(O)CCC(OC)CC2)C1. The van der Waals surface area contributed by atoms with Crippen molar-refractivity contribution in [3.63, 3.8) is 0 Å². The van der Waals surface area contributed by atoms with Crippen LogP contribution in [0.3, 0.4) is 0 Å². The third-order valence-electron chi connectivity index (χ3n) is 6.00. The Bertz CT molecular complexity index is 286. The summed E-state index contributed by atoms with van der Waals surface area (Å²) in [7, 11) is 1.78. The Labute approximate surface area is 117 Å². The van der Waals surface area contributed by atoms with Crippen LogP contribution in [0.5, 0.6) is 0 Å². The van der Waals surface area contributed by atoms with E-state index in [9.17, 15) is 5.11 Å². The predicted molar refractivity (Wildman–Crippen MR) is 78.0 cm³/mol. The molecule has 0 heterocycles. The fraction of sp³-hybridized carbons (Fsp3) is 1.00. The summed E-state index contributed by atoms with van der Waals surface area (Å²) in [4.78, 5) is 0. The lowest BCUT2D eigenvalue weighted by Gasteiger charge is -2.53. The standard InChI is InChI=1S/C16H31NO2/c1-3-13-5-4-8-15(11-13,12-17)16(18)9-6-14(19-2)7-10-16/h13-14,18H,3-12,17H2,1-2H3. The summed E-state index contributed by atoms with van der Waals surface area (Å²) in [6.07, 6.45) is 10.00. The Balaban J connectivity index is 2.11. The van der Waals surface area contributed by atoms with Gasteiger partial charge in [0.15, 0.2) is 0 Å². The molecule has 3 N–H and O–H groups in total. The molecule has 0 aromatic carbocycles. The van der Waals surface area contributed by atoms with E-state index >= 15 is 0 Å². The van der Waals surface area contributed by atoms with Crippen molar-refractivity contribution in [2.24, 2.45) is 17.1 Å². The smallest absolute Gasteiger partial charge is 0.0717 e. The number of nitrogens with two attached hydrogens (primary N) is 1. The monoisotopic (exact) mass is 269 g/mol. The zero-order valence-electron chi connectivity index (χ0n) is 12.7. The minimum Gasteiger partial charge on any atom is -0.389 e. The molecule has 0 radical (unpaired) electrons. The number of ether oxygens (including phenoxy) is 1. The van der Waals surface area contributed by atoms with Crippen molar-refractivity contribution < 1.29 is 9.84 Å². The van der Waals surface area contributed by atoms with Gasteiger partial charge in [-0.15, -0.1) is 0 Å². The van der Waals surface area contributed by atoms with E-state index in [1.165, 1.54) is 19.3 Å². The van der Waals surface area contributed by atoms with E-state index in [0.29, 0.717) is 12.6 Å². The van der Waals surface area contributed by atoms with E-state index in [-0.39, 0.29) is 5.41 Å². The Hall–Kier alpha value is -0.120. The van der Waals surface area contributed by atoms with Crippen molar-refractivity contribution in [1.82, 2.24) is 0 Å². The van der Waals surface area contributed by atoms with E-state index in [2.05, 4.69) is 6.92 Å². The highest BCUT2D eigenvalue weighted by molar-refractivity contribution is 5.04. The molecule has 2 saturated carbocycles. The van der Waals surface area contributed by atoms with E-state index in [4.69, 9.17) is 10.5 Å². The largest absolute Gasteiger partial charge is 0.389 e. The Morgan fingerprint density at radius 1 is 1.21 bits per heavy atom. The Morgan fingerprint density at radius 3 is 2.42 bits per heavy atom. The molecular weight excluding hydrogens is 238 g/mol. The van der Waals surface area contributed by atoms with Crippen molar-refractivity contribution in [2.45, 2.75) is 76.4 Å². The molecule has 2 unspecified atom stereocenters. The van der Waals surface area contributed by atoms with E-state index in [1.54, 1.807) is 7.11 Å². The summed E-state index contributed by atoms with van der Waals surface area (Å²) in [6, 6.07) is 0. The van der Waals surface area contributed by atoms with Crippen LogP contribution in [0.15, 0.2) is 0 Å². The fourth-order valence-corrected chi connectivity index (χ4v) is 4.47. The number of hydrogen-bond donors (Lipinski definition) is 2. The molecular formula is C16H31NO2. The van der Waals surface area contributed by atoms with Crippen molar-refractivity contribution in [2.75, 3.05) is 13.7 Å². The summed E-state index contributed by atoms with van der Waals surface area (Å²) in [5.41, 5.74) is 5.56. The van der Waals surface area contributed by atoms with Crippen LogP contribution >= 0.6 is 0 Å². The first-order chi connectivity index (χ1) is 9.09. The molecule has 0 saturated heterocycles. The maximum atomic E-state index is 11.2. The minimum atomic E-state index is -0.551. The van der Waals surface area contributed by atoms with Crippen LogP contribution in [0.1, 0.15) is 64.7 Å². The highest BCUT2D eigenvalue weighted by Gasteiger charge is 2.52. The number of aliphatic hydroxyl groups is 1. The van der Waals surface area contributed by atoms with Crippen LogP contribution in [0.4, 0.5) is 0 Å². The highest BCUT2D eigenvalue weighted by Crippen LogP contribution is 2.52. The second kappa shape index (κ2) is 6.11. The quantitative estimate of drug-likeness (QED) is 0.825. The second-order valence-electron chi connectivity index (χ2n) is 6.82. The van der Waals surface area contributed by atoms with Gasteiger partial charge >= 0.3 is 0 Å². The number of hydrogen-bond acceptors (Lipinski definition) is 3. The molecule has 3 nitrogen and oxygen atoms in total. The number of rotatable bonds is 4. The molecule has 19 heavy (non-hydrogen) atoms. The van der Waals surface area contributed by atoms with Gasteiger partial charge in [0.05, 0.1) is 11.7 Å². The van der Waals surface area contributed by atoms with E-state index in [1.807, 2.05) is 0 Å². The summed E-state index contributed by atoms with van der Waals surface area (Å²) >= 11 is 0. The first-order valence-corrected chi connectivity index (χ1v) is 8.04. The van der Waals surface area contributed by atoms with Gasteiger partial charge in [0.25, 0.3) is 0 Å². The highest BCUT2D eigenvalue weighted by atomic mass is 16.5. The van der Waals surface area contributed by atoms with Gasteiger partial charge < -0.3 is 15.6 Å². The molecule has 2 rings (SSSR count). The molecule has 0 bridgehead atoms. The van der Waals surface area contributed by atoms with Gasteiger partial charge in [-0.2, -0.15) is 0 Å². The molecule has 2 fully saturated rings. The predicted octanol–water partition coefficient (Wildman–Crippen LogP) is 2.85. The zero-order valence-corrected chi connectivity index (χ0v) is 12.7. The van der Waals surface area contributed by atoms with Crippen LogP contribution in [-0.4, -0.2) is 30.5 Å². The summed E-state index contributed by atoms with van der Waals surface area (Å²) in [5.74, 6) is 0.751. The molecule has 0 spiro atoms. The molecule has 2 aliphatic rings. The van der Waals surface area contributed by atoms with Gasteiger partial charge in [-0.25, -0.2) is 0 Å². The number of methoxy groups -OCH3 is 1. The van der Waals surface area contributed by atoms with Crippen molar-refractivity contribution in [3.05, 3.63) is 0 Å². The fourth-order valence-electron chi connectivity index (χ4n) is 4.47. The van der Waals surface area contributed by atoms with E-state index < -0.39 is 5.60 Å². The zero-order chi connectivity index (χ0) is 13.9. The topological polar surface area (TPSA) is 55.5 Å². The lowest BCUT2D eigenvalue weighted by Crippen LogP contribution is -2.56. The van der Waals surface area contributed by atoms with Crippen molar-refractivity contribution in [3.8, 4) is 0 Å². The van der Waals surface area contributed by atoms with E-state index in [0.717, 1.165) is 44.4 Å². The third-order valence-corrected chi connectivity index (χ3v) is 6.00.